The fourth-order valence-electron chi connectivity index (χ4n) is 2.88. The van der Waals surface area contributed by atoms with Crippen molar-refractivity contribution in [1.29, 1.82) is 0 Å². The van der Waals surface area contributed by atoms with Crippen LogP contribution in [0.5, 0.6) is 5.75 Å². The van der Waals surface area contributed by atoms with E-state index in [0.29, 0.717) is 5.69 Å². The second-order valence-corrected chi connectivity index (χ2v) is 6.13. The molecule has 0 aliphatic carbocycles. The molecule has 0 unspecified atom stereocenters. The van der Waals surface area contributed by atoms with E-state index < -0.39 is 0 Å². The number of carbonyl (C=O) groups excluding carboxylic acids is 1. The Morgan fingerprint density at radius 1 is 1.04 bits per heavy atom. The quantitative estimate of drug-likeness (QED) is 0.538. The highest BCUT2D eigenvalue weighted by Crippen LogP contribution is 2.22. The highest BCUT2D eigenvalue weighted by Gasteiger charge is 2.08. The first-order valence-electron chi connectivity index (χ1n) is 8.76. The predicted molar refractivity (Wildman–Crippen MR) is 109 cm³/mol. The van der Waals surface area contributed by atoms with Gasteiger partial charge in [0.1, 0.15) is 5.75 Å². The second-order valence-electron chi connectivity index (χ2n) is 6.13. The Labute approximate surface area is 162 Å². The molecule has 0 spiro atoms. The molecule has 4 rings (SSSR count). The molecule has 0 fully saturated rings. The lowest BCUT2D eigenvalue weighted by Gasteiger charge is -2.05. The maximum atomic E-state index is 12.3. The molecule has 138 valence electrons. The van der Waals surface area contributed by atoms with Crippen LogP contribution in [0.2, 0.25) is 0 Å². The highest BCUT2D eigenvalue weighted by atomic mass is 16.5. The number of fused-ring (bicyclic) bond motifs is 1. The van der Waals surface area contributed by atoms with Gasteiger partial charge >= 0.3 is 0 Å². The third kappa shape index (κ3) is 3.76. The van der Waals surface area contributed by atoms with E-state index in [0.717, 1.165) is 28.3 Å². The third-order valence-electron chi connectivity index (χ3n) is 4.22. The molecule has 6 nitrogen and oxygen atoms in total. The van der Waals surface area contributed by atoms with Gasteiger partial charge in [0.2, 0.25) is 5.91 Å². The molecule has 0 radical (unpaired) electrons. The van der Waals surface area contributed by atoms with Crippen molar-refractivity contribution < 1.29 is 9.53 Å². The maximum Gasteiger partial charge on any atom is 0.248 e. The molecule has 0 saturated heterocycles. The van der Waals surface area contributed by atoms with Gasteiger partial charge in [-0.3, -0.25) is 9.20 Å². The van der Waals surface area contributed by atoms with Gasteiger partial charge in [-0.05, 0) is 48.0 Å². The molecule has 0 bridgehead atoms. The normalized spacial score (nSPS) is 11.0. The summed E-state index contributed by atoms with van der Waals surface area (Å²) in [4.78, 5) is 12.3. The van der Waals surface area contributed by atoms with Gasteiger partial charge in [-0.15, -0.1) is 10.2 Å². The van der Waals surface area contributed by atoms with Crippen LogP contribution in [0.25, 0.3) is 23.1 Å². The van der Waals surface area contributed by atoms with Gasteiger partial charge in [-0.25, -0.2) is 0 Å². The summed E-state index contributed by atoms with van der Waals surface area (Å²) in [6.45, 7) is 0. The van der Waals surface area contributed by atoms with Gasteiger partial charge in [0.05, 0.1) is 7.11 Å². The molecule has 0 aliphatic heterocycles. The van der Waals surface area contributed by atoms with Crippen LogP contribution in [-0.4, -0.2) is 27.6 Å². The number of carbonyl (C=O) groups is 1. The number of nitrogens with zero attached hydrogens (tertiary/aromatic N) is 3. The van der Waals surface area contributed by atoms with E-state index in [4.69, 9.17) is 4.74 Å². The first-order valence-corrected chi connectivity index (χ1v) is 8.76. The van der Waals surface area contributed by atoms with Crippen LogP contribution in [0.15, 0.2) is 79.0 Å². The Hall–Kier alpha value is -3.93. The first-order chi connectivity index (χ1) is 13.7. The zero-order valence-corrected chi connectivity index (χ0v) is 15.2. The van der Waals surface area contributed by atoms with Crippen molar-refractivity contribution in [2.45, 2.75) is 0 Å². The maximum absolute atomic E-state index is 12.3. The van der Waals surface area contributed by atoms with E-state index in [1.807, 2.05) is 77.3 Å². The first kappa shape index (κ1) is 17.5. The van der Waals surface area contributed by atoms with Gasteiger partial charge in [0.25, 0.3) is 0 Å². The summed E-state index contributed by atoms with van der Waals surface area (Å²) in [6, 6.07) is 20.8. The standard InChI is InChI=1S/C22H18N4O2/c1-28-19-9-4-6-16(14-19)11-12-21(27)23-18-8-5-7-17(15-18)22-25-24-20-10-2-3-13-26(20)22/h2-15H,1H3,(H,23,27)/b12-11+. The molecule has 0 saturated carbocycles. The Morgan fingerprint density at radius 3 is 2.82 bits per heavy atom. The van der Waals surface area contributed by atoms with Crippen LogP contribution >= 0.6 is 0 Å². The average molecular weight is 370 g/mol. The fraction of sp³-hybridized carbons (Fsp3) is 0.0455. The molecular formula is C22H18N4O2. The molecule has 2 heterocycles. The monoisotopic (exact) mass is 370 g/mol. The molecule has 0 atom stereocenters. The summed E-state index contributed by atoms with van der Waals surface area (Å²) in [5, 5.41) is 11.3. The number of pyridine rings is 1. The molecule has 2 aromatic carbocycles. The lowest BCUT2D eigenvalue weighted by molar-refractivity contribution is -0.111. The summed E-state index contributed by atoms with van der Waals surface area (Å²) in [5.41, 5.74) is 3.21. The van der Waals surface area contributed by atoms with E-state index in [-0.39, 0.29) is 5.91 Å². The van der Waals surface area contributed by atoms with Crippen LogP contribution in [-0.2, 0) is 4.79 Å². The summed E-state index contributed by atoms with van der Waals surface area (Å²) >= 11 is 0. The smallest absolute Gasteiger partial charge is 0.248 e. The summed E-state index contributed by atoms with van der Waals surface area (Å²) in [7, 11) is 1.61. The van der Waals surface area contributed by atoms with Crippen molar-refractivity contribution in [3.63, 3.8) is 0 Å². The number of benzene rings is 2. The Bertz CT molecular complexity index is 1160. The summed E-state index contributed by atoms with van der Waals surface area (Å²) in [5.74, 6) is 1.25. The van der Waals surface area contributed by atoms with Crippen molar-refractivity contribution in [3.8, 4) is 17.1 Å². The molecule has 1 N–H and O–H groups in total. The van der Waals surface area contributed by atoms with E-state index in [2.05, 4.69) is 15.5 Å². The molecule has 2 aromatic heterocycles. The number of hydrogen-bond donors (Lipinski definition) is 1. The molecule has 0 aliphatic rings. The van der Waals surface area contributed by atoms with E-state index in [1.165, 1.54) is 6.08 Å². The minimum absolute atomic E-state index is 0.217. The molecule has 28 heavy (non-hydrogen) atoms. The number of ether oxygens (including phenoxy) is 1. The minimum Gasteiger partial charge on any atom is -0.497 e. The SMILES string of the molecule is COc1cccc(/C=C/C(=O)Nc2cccc(-c3nnc4ccccn34)c2)c1. The van der Waals surface area contributed by atoms with E-state index in [9.17, 15) is 4.79 Å². The number of amides is 1. The Balaban J connectivity index is 1.51. The predicted octanol–water partition coefficient (Wildman–Crippen LogP) is 4.06. The van der Waals surface area contributed by atoms with Crippen LogP contribution < -0.4 is 10.1 Å². The van der Waals surface area contributed by atoms with Gasteiger partial charge in [0.15, 0.2) is 11.5 Å². The van der Waals surface area contributed by atoms with Crippen LogP contribution in [0, 0.1) is 0 Å². The highest BCUT2D eigenvalue weighted by molar-refractivity contribution is 6.02. The van der Waals surface area contributed by atoms with Crippen molar-refractivity contribution in [3.05, 3.63) is 84.6 Å². The summed E-state index contributed by atoms with van der Waals surface area (Å²) in [6.07, 6.45) is 5.15. The third-order valence-corrected chi connectivity index (χ3v) is 4.22. The fourth-order valence-corrected chi connectivity index (χ4v) is 2.88. The molecule has 4 aromatic rings. The lowest BCUT2D eigenvalue weighted by atomic mass is 10.2. The number of methoxy groups -OCH3 is 1. The van der Waals surface area contributed by atoms with Gasteiger partial charge in [0, 0.05) is 23.5 Å². The topological polar surface area (TPSA) is 68.5 Å². The van der Waals surface area contributed by atoms with Crippen molar-refractivity contribution >= 4 is 23.3 Å². The van der Waals surface area contributed by atoms with Crippen LogP contribution in [0.1, 0.15) is 5.56 Å². The molecule has 1 amide bonds. The number of anilines is 1. The second kappa shape index (κ2) is 7.75. The van der Waals surface area contributed by atoms with Crippen molar-refractivity contribution in [2.75, 3.05) is 12.4 Å². The molecule has 6 heteroatoms. The number of nitrogens with one attached hydrogen (secondary N) is 1. The number of hydrogen-bond acceptors (Lipinski definition) is 4. The Morgan fingerprint density at radius 2 is 1.93 bits per heavy atom. The average Bonchev–Trinajstić information content (AvgIpc) is 3.17. The van der Waals surface area contributed by atoms with Crippen LogP contribution in [0.4, 0.5) is 5.69 Å². The van der Waals surface area contributed by atoms with E-state index >= 15 is 0 Å². The van der Waals surface area contributed by atoms with Crippen molar-refractivity contribution in [1.82, 2.24) is 14.6 Å². The minimum atomic E-state index is -0.217. The largest absolute Gasteiger partial charge is 0.497 e. The van der Waals surface area contributed by atoms with Gasteiger partial charge < -0.3 is 10.1 Å². The molecular weight excluding hydrogens is 352 g/mol. The van der Waals surface area contributed by atoms with Crippen LogP contribution in [0.3, 0.4) is 0 Å². The Kier molecular flexibility index (Phi) is 4.84. The zero-order valence-electron chi connectivity index (χ0n) is 15.2. The summed E-state index contributed by atoms with van der Waals surface area (Å²) < 4.78 is 7.10. The van der Waals surface area contributed by atoms with E-state index in [1.54, 1.807) is 13.2 Å². The van der Waals surface area contributed by atoms with Gasteiger partial charge in [-0.1, -0.05) is 30.3 Å². The lowest BCUT2D eigenvalue weighted by Crippen LogP contribution is -2.07. The van der Waals surface area contributed by atoms with Crippen molar-refractivity contribution in [2.24, 2.45) is 0 Å². The number of rotatable bonds is 5. The zero-order chi connectivity index (χ0) is 19.3. The van der Waals surface area contributed by atoms with Gasteiger partial charge in [-0.2, -0.15) is 0 Å². The number of aromatic nitrogens is 3.